The van der Waals surface area contributed by atoms with E-state index in [0.717, 1.165) is 24.8 Å². The highest BCUT2D eigenvalue weighted by atomic mass is 32.2. The minimum absolute atomic E-state index is 0.0379. The molecule has 1 heterocycles. The summed E-state index contributed by atoms with van der Waals surface area (Å²) in [5.41, 5.74) is 1.39. The van der Waals surface area contributed by atoms with Crippen LogP contribution in [0.4, 0.5) is 0 Å². The second kappa shape index (κ2) is 4.79. The number of hydrogen-bond donors (Lipinski definition) is 1. The second-order valence-corrected chi connectivity index (χ2v) is 10.2. The molecule has 21 heavy (non-hydrogen) atoms. The van der Waals surface area contributed by atoms with Crippen molar-refractivity contribution in [3.8, 4) is 0 Å². The van der Waals surface area contributed by atoms with E-state index < -0.39 is 25.4 Å². The molecular formula is C14H19NO4S2. The first-order valence-corrected chi connectivity index (χ1v) is 10.4. The molecule has 3 rings (SSSR count). The average Bonchev–Trinajstić information content (AvgIpc) is 2.91. The van der Waals surface area contributed by atoms with E-state index in [1.54, 1.807) is 19.1 Å². The molecule has 5 nitrogen and oxygen atoms in total. The monoisotopic (exact) mass is 329 g/mol. The van der Waals surface area contributed by atoms with Crippen molar-refractivity contribution in [3.05, 3.63) is 29.3 Å². The van der Waals surface area contributed by atoms with Crippen molar-refractivity contribution in [1.82, 2.24) is 4.72 Å². The minimum atomic E-state index is -3.69. The molecule has 1 atom stereocenters. The summed E-state index contributed by atoms with van der Waals surface area (Å²) in [6.07, 6.45) is 3.28. The van der Waals surface area contributed by atoms with Crippen LogP contribution in [0.15, 0.2) is 23.1 Å². The maximum absolute atomic E-state index is 12.5. The molecule has 116 valence electrons. The summed E-state index contributed by atoms with van der Waals surface area (Å²) >= 11 is 0. The lowest BCUT2D eigenvalue weighted by atomic mass is 10.0. The van der Waals surface area contributed by atoms with Gasteiger partial charge in [0.2, 0.25) is 10.0 Å². The molecule has 1 saturated heterocycles. The molecular weight excluding hydrogens is 310 g/mol. The molecule has 0 radical (unpaired) electrons. The van der Waals surface area contributed by atoms with Gasteiger partial charge in [-0.2, -0.15) is 0 Å². The van der Waals surface area contributed by atoms with Crippen LogP contribution >= 0.6 is 0 Å². The van der Waals surface area contributed by atoms with Crippen LogP contribution in [0.1, 0.15) is 30.9 Å². The van der Waals surface area contributed by atoms with Gasteiger partial charge < -0.3 is 0 Å². The lowest BCUT2D eigenvalue weighted by Crippen LogP contribution is -2.46. The van der Waals surface area contributed by atoms with Gasteiger partial charge in [-0.15, -0.1) is 0 Å². The fourth-order valence-corrected chi connectivity index (χ4v) is 6.86. The smallest absolute Gasteiger partial charge is 0.229 e. The van der Waals surface area contributed by atoms with Crippen molar-refractivity contribution in [2.45, 2.75) is 43.0 Å². The van der Waals surface area contributed by atoms with Gasteiger partial charge in [0.25, 0.3) is 0 Å². The molecule has 1 aromatic carbocycles. The van der Waals surface area contributed by atoms with Gasteiger partial charge in [0, 0.05) is 5.54 Å². The zero-order valence-electron chi connectivity index (χ0n) is 11.9. The van der Waals surface area contributed by atoms with E-state index >= 15 is 0 Å². The highest BCUT2D eigenvalue weighted by molar-refractivity contribution is 7.92. The van der Waals surface area contributed by atoms with Gasteiger partial charge in [-0.3, -0.25) is 0 Å². The van der Waals surface area contributed by atoms with E-state index in [-0.39, 0.29) is 16.4 Å². The topological polar surface area (TPSA) is 80.3 Å². The lowest BCUT2D eigenvalue weighted by molar-refractivity contribution is 0.462. The molecule has 0 saturated carbocycles. The minimum Gasteiger partial charge on any atom is -0.229 e. The number of rotatable bonds is 3. The van der Waals surface area contributed by atoms with E-state index in [4.69, 9.17) is 0 Å². The number of benzene rings is 1. The Labute approximate surface area is 125 Å². The number of hydrogen-bond acceptors (Lipinski definition) is 4. The summed E-state index contributed by atoms with van der Waals surface area (Å²) in [4.78, 5) is 0.230. The molecule has 1 fully saturated rings. The van der Waals surface area contributed by atoms with E-state index in [2.05, 4.69) is 4.72 Å². The highest BCUT2D eigenvalue weighted by Crippen LogP contribution is 2.28. The molecule has 2 aliphatic rings. The van der Waals surface area contributed by atoms with E-state index in [9.17, 15) is 16.8 Å². The summed E-state index contributed by atoms with van der Waals surface area (Å²) in [6, 6.07) is 5.20. The Hall–Kier alpha value is -0.920. The van der Waals surface area contributed by atoms with Crippen LogP contribution in [0.2, 0.25) is 0 Å². The Kier molecular flexibility index (Phi) is 3.42. The predicted molar refractivity (Wildman–Crippen MR) is 80.5 cm³/mol. The number of sulfonamides is 1. The molecule has 1 aliphatic carbocycles. The van der Waals surface area contributed by atoms with Gasteiger partial charge in [-0.1, -0.05) is 6.07 Å². The van der Waals surface area contributed by atoms with E-state index in [1.807, 2.05) is 6.07 Å². The van der Waals surface area contributed by atoms with E-state index in [1.165, 1.54) is 5.56 Å². The zero-order valence-corrected chi connectivity index (χ0v) is 13.6. The van der Waals surface area contributed by atoms with Gasteiger partial charge in [0.15, 0.2) is 9.84 Å². The Morgan fingerprint density at radius 2 is 1.90 bits per heavy atom. The maximum Gasteiger partial charge on any atom is 0.241 e. The molecule has 0 amide bonds. The molecule has 1 N–H and O–H groups in total. The van der Waals surface area contributed by atoms with Crippen LogP contribution in [-0.4, -0.2) is 33.9 Å². The molecule has 0 spiro atoms. The van der Waals surface area contributed by atoms with Crippen LogP contribution in [0, 0.1) is 0 Å². The maximum atomic E-state index is 12.5. The van der Waals surface area contributed by atoms with Crippen molar-refractivity contribution in [1.29, 1.82) is 0 Å². The fourth-order valence-electron chi connectivity index (χ4n) is 3.19. The summed E-state index contributed by atoms with van der Waals surface area (Å²) in [7, 11) is -6.83. The quantitative estimate of drug-likeness (QED) is 0.898. The molecule has 0 aromatic heterocycles. The third-order valence-corrected chi connectivity index (χ3v) is 7.80. The number of nitrogens with one attached hydrogen (secondary N) is 1. The Morgan fingerprint density at radius 1 is 1.19 bits per heavy atom. The summed E-state index contributed by atoms with van der Waals surface area (Å²) in [6.45, 7) is 1.66. The van der Waals surface area contributed by atoms with Crippen LogP contribution < -0.4 is 4.72 Å². The Morgan fingerprint density at radius 3 is 2.57 bits per heavy atom. The number of fused-ring (bicyclic) bond motifs is 1. The normalized spacial score (nSPS) is 27.7. The first-order valence-electron chi connectivity index (χ1n) is 7.05. The van der Waals surface area contributed by atoms with Gasteiger partial charge >= 0.3 is 0 Å². The van der Waals surface area contributed by atoms with E-state index in [0.29, 0.717) is 6.42 Å². The first-order chi connectivity index (χ1) is 9.69. The van der Waals surface area contributed by atoms with Crippen molar-refractivity contribution in [2.75, 3.05) is 11.5 Å². The number of sulfone groups is 1. The van der Waals surface area contributed by atoms with Gasteiger partial charge in [0.05, 0.1) is 16.4 Å². The van der Waals surface area contributed by atoms with Gasteiger partial charge in [0.1, 0.15) is 0 Å². The largest absolute Gasteiger partial charge is 0.241 e. The molecule has 1 aromatic rings. The fraction of sp³-hybridized carbons (Fsp3) is 0.571. The third-order valence-electron chi connectivity index (χ3n) is 4.26. The third kappa shape index (κ3) is 3.00. The first kappa shape index (κ1) is 15.0. The van der Waals surface area contributed by atoms with Crippen molar-refractivity contribution < 1.29 is 16.8 Å². The highest BCUT2D eigenvalue weighted by Gasteiger charge is 2.41. The summed E-state index contributed by atoms with van der Waals surface area (Å²) in [5, 5.41) is 0. The van der Waals surface area contributed by atoms with Crippen LogP contribution in [0.5, 0.6) is 0 Å². The van der Waals surface area contributed by atoms with Gasteiger partial charge in [-0.25, -0.2) is 21.6 Å². The Bertz CT molecular complexity index is 783. The SMILES string of the molecule is C[C@]1(NS(=O)(=O)c2ccc3c(c2)CCC3)CCS(=O)(=O)C1. The lowest BCUT2D eigenvalue weighted by Gasteiger charge is -2.23. The van der Waals surface area contributed by atoms with Gasteiger partial charge in [-0.05, 0) is 55.9 Å². The summed E-state index contributed by atoms with van der Waals surface area (Å²) < 4.78 is 50.8. The molecule has 7 heteroatoms. The molecule has 0 unspecified atom stereocenters. The average molecular weight is 329 g/mol. The standard InChI is InChI=1S/C14H19NO4S2/c1-14(7-8-20(16,17)10-14)15-21(18,19)13-6-5-11-3-2-4-12(11)9-13/h5-6,9,15H,2-4,7-8,10H2,1H3/t14-/m0/s1. The van der Waals surface area contributed by atoms with Crippen molar-refractivity contribution >= 4 is 19.9 Å². The predicted octanol–water partition coefficient (Wildman–Crippen LogP) is 1.03. The zero-order chi connectivity index (χ0) is 15.3. The van der Waals surface area contributed by atoms with Crippen molar-refractivity contribution in [2.24, 2.45) is 0 Å². The molecule has 0 bridgehead atoms. The Balaban J connectivity index is 1.88. The second-order valence-electron chi connectivity index (χ2n) is 6.29. The summed E-state index contributed by atoms with van der Waals surface area (Å²) in [5.74, 6) is -0.0968. The van der Waals surface area contributed by atoms with Crippen LogP contribution in [0.3, 0.4) is 0 Å². The molecule has 1 aliphatic heterocycles. The van der Waals surface area contributed by atoms with Crippen LogP contribution in [-0.2, 0) is 32.7 Å². The van der Waals surface area contributed by atoms with Crippen LogP contribution in [0.25, 0.3) is 0 Å². The number of aryl methyl sites for hydroxylation is 2. The van der Waals surface area contributed by atoms with Crippen molar-refractivity contribution in [3.63, 3.8) is 0 Å².